The predicted octanol–water partition coefficient (Wildman–Crippen LogP) is 4.38. The fourth-order valence-electron chi connectivity index (χ4n) is 2.95. The molecule has 2 N–H and O–H groups in total. The molecule has 4 nitrogen and oxygen atoms in total. The predicted molar refractivity (Wildman–Crippen MR) is 90.2 cm³/mol. The second kappa shape index (κ2) is 7.20. The van der Waals surface area contributed by atoms with Crippen LogP contribution < -0.4 is 10.6 Å². The summed E-state index contributed by atoms with van der Waals surface area (Å²) < 4.78 is 19.2. The molecule has 23 heavy (non-hydrogen) atoms. The monoisotopic (exact) mass is 322 g/mol. The van der Waals surface area contributed by atoms with Gasteiger partial charge in [-0.15, -0.1) is 0 Å². The zero-order chi connectivity index (χ0) is 17.0. The summed E-state index contributed by atoms with van der Waals surface area (Å²) >= 11 is 0. The molecule has 128 valence electrons. The molecule has 1 aromatic carbocycles. The Kier molecular flexibility index (Phi) is 5.50. The van der Waals surface area contributed by atoms with Gasteiger partial charge in [0.2, 0.25) is 0 Å². The topological polar surface area (TPSA) is 50.4 Å². The van der Waals surface area contributed by atoms with Crippen molar-refractivity contribution in [2.45, 2.75) is 71.1 Å². The Bertz CT molecular complexity index is 534. The molecule has 2 unspecified atom stereocenters. The molecule has 0 bridgehead atoms. The fourth-order valence-corrected chi connectivity index (χ4v) is 2.95. The summed E-state index contributed by atoms with van der Waals surface area (Å²) in [7, 11) is 0. The van der Waals surface area contributed by atoms with Crippen LogP contribution in [0.5, 0.6) is 0 Å². The highest BCUT2D eigenvalue weighted by Gasteiger charge is 2.26. The first-order chi connectivity index (χ1) is 10.7. The number of halogens is 1. The van der Waals surface area contributed by atoms with Gasteiger partial charge in [-0.25, -0.2) is 9.18 Å². The molecule has 0 heterocycles. The average Bonchev–Trinajstić information content (AvgIpc) is 2.41. The van der Waals surface area contributed by atoms with Crippen LogP contribution in [-0.2, 0) is 4.74 Å². The Morgan fingerprint density at radius 2 is 1.96 bits per heavy atom. The van der Waals surface area contributed by atoms with Crippen molar-refractivity contribution in [2.24, 2.45) is 0 Å². The van der Waals surface area contributed by atoms with Gasteiger partial charge in [0.1, 0.15) is 11.4 Å². The molecule has 0 aliphatic heterocycles. The van der Waals surface area contributed by atoms with Crippen molar-refractivity contribution in [2.75, 3.05) is 5.32 Å². The number of amides is 1. The molecule has 5 heteroatoms. The van der Waals surface area contributed by atoms with Gasteiger partial charge in [0, 0.05) is 12.1 Å². The van der Waals surface area contributed by atoms with E-state index in [1.165, 1.54) is 6.07 Å². The Hall–Kier alpha value is -1.78. The van der Waals surface area contributed by atoms with E-state index in [1.807, 2.05) is 33.8 Å². The molecule has 1 aromatic rings. The Labute approximate surface area is 137 Å². The van der Waals surface area contributed by atoms with Crippen molar-refractivity contribution in [3.63, 3.8) is 0 Å². The molecule has 1 aliphatic carbocycles. The number of carbonyl (C=O) groups excluding carboxylic acids is 1. The summed E-state index contributed by atoms with van der Waals surface area (Å²) in [6.45, 7) is 7.43. The lowest BCUT2D eigenvalue weighted by molar-refractivity contribution is 0.0492. The van der Waals surface area contributed by atoms with Crippen LogP contribution in [0.25, 0.3) is 0 Å². The summed E-state index contributed by atoms with van der Waals surface area (Å²) in [5, 5.41) is 6.23. The van der Waals surface area contributed by atoms with E-state index in [-0.39, 0.29) is 24.0 Å². The van der Waals surface area contributed by atoms with Crippen LogP contribution in [0.3, 0.4) is 0 Å². The summed E-state index contributed by atoms with van der Waals surface area (Å²) in [6.07, 6.45) is 3.28. The lowest BCUT2D eigenvalue weighted by atomic mass is 9.90. The number of hydrogen-bond donors (Lipinski definition) is 2. The van der Waals surface area contributed by atoms with E-state index < -0.39 is 5.60 Å². The largest absolute Gasteiger partial charge is 0.444 e. The van der Waals surface area contributed by atoms with Crippen LogP contribution in [-0.4, -0.2) is 23.8 Å². The maximum Gasteiger partial charge on any atom is 0.407 e. The summed E-state index contributed by atoms with van der Waals surface area (Å²) in [6, 6.07) is 5.28. The average molecular weight is 322 g/mol. The standard InChI is InChI=1S/C18H27FN2O2/c1-12-7-5-10-15(19)16(12)20-13-8-6-9-14(11-13)21-17(22)23-18(2,3)4/h5,7,10,13-14,20H,6,8-9,11H2,1-4H3,(H,21,22). The van der Waals surface area contributed by atoms with Crippen molar-refractivity contribution < 1.29 is 13.9 Å². The van der Waals surface area contributed by atoms with Gasteiger partial charge in [0.15, 0.2) is 0 Å². The van der Waals surface area contributed by atoms with Gasteiger partial charge >= 0.3 is 6.09 Å². The molecule has 0 spiro atoms. The van der Waals surface area contributed by atoms with Crippen molar-refractivity contribution in [3.8, 4) is 0 Å². The summed E-state index contributed by atoms with van der Waals surface area (Å²) in [5.74, 6) is -0.229. The lowest BCUT2D eigenvalue weighted by Crippen LogP contribution is -2.44. The van der Waals surface area contributed by atoms with Crippen molar-refractivity contribution in [3.05, 3.63) is 29.6 Å². The first-order valence-electron chi connectivity index (χ1n) is 8.26. The number of rotatable bonds is 3. The molecule has 1 aliphatic rings. The van der Waals surface area contributed by atoms with E-state index in [2.05, 4.69) is 10.6 Å². The molecule has 0 aromatic heterocycles. The van der Waals surface area contributed by atoms with E-state index in [0.29, 0.717) is 5.69 Å². The molecule has 1 amide bonds. The Morgan fingerprint density at radius 3 is 2.61 bits per heavy atom. The number of ether oxygens (including phenoxy) is 1. The number of aryl methyl sites for hydroxylation is 1. The van der Waals surface area contributed by atoms with Gasteiger partial charge in [0.25, 0.3) is 0 Å². The minimum Gasteiger partial charge on any atom is -0.444 e. The first kappa shape index (κ1) is 17.6. The maximum absolute atomic E-state index is 13.9. The van der Waals surface area contributed by atoms with Crippen molar-refractivity contribution >= 4 is 11.8 Å². The third kappa shape index (κ3) is 5.41. The second-order valence-corrected chi connectivity index (χ2v) is 7.28. The third-order valence-electron chi connectivity index (χ3n) is 3.97. The third-order valence-corrected chi connectivity index (χ3v) is 3.97. The van der Waals surface area contributed by atoms with Crippen LogP contribution in [0.1, 0.15) is 52.0 Å². The highest BCUT2D eigenvalue weighted by atomic mass is 19.1. The Morgan fingerprint density at radius 1 is 1.26 bits per heavy atom. The maximum atomic E-state index is 13.9. The van der Waals surface area contributed by atoms with E-state index >= 15 is 0 Å². The number of hydrogen-bond acceptors (Lipinski definition) is 3. The summed E-state index contributed by atoms with van der Waals surface area (Å²) in [5.41, 5.74) is 0.961. The zero-order valence-electron chi connectivity index (χ0n) is 14.4. The Balaban J connectivity index is 1.92. The SMILES string of the molecule is Cc1cccc(F)c1NC1CCCC(NC(=O)OC(C)(C)C)C1. The number of carbonyl (C=O) groups is 1. The van der Waals surface area contributed by atoms with Crippen LogP contribution in [0.15, 0.2) is 18.2 Å². The fraction of sp³-hybridized carbons (Fsp3) is 0.611. The second-order valence-electron chi connectivity index (χ2n) is 7.28. The van der Waals surface area contributed by atoms with Crippen molar-refractivity contribution in [1.82, 2.24) is 5.32 Å². The molecule has 2 rings (SSSR count). The molecular weight excluding hydrogens is 295 g/mol. The lowest BCUT2D eigenvalue weighted by Gasteiger charge is -2.32. The molecule has 0 radical (unpaired) electrons. The van der Waals surface area contributed by atoms with Gasteiger partial charge in [0.05, 0.1) is 5.69 Å². The number of alkyl carbamates (subject to hydrolysis) is 1. The number of para-hydroxylation sites is 1. The van der Waals surface area contributed by atoms with Gasteiger partial charge in [-0.3, -0.25) is 0 Å². The van der Waals surface area contributed by atoms with Gasteiger partial charge < -0.3 is 15.4 Å². The van der Waals surface area contributed by atoms with Crippen molar-refractivity contribution in [1.29, 1.82) is 0 Å². The molecule has 0 saturated heterocycles. The zero-order valence-corrected chi connectivity index (χ0v) is 14.4. The highest BCUT2D eigenvalue weighted by Crippen LogP contribution is 2.26. The van der Waals surface area contributed by atoms with Gasteiger partial charge in [-0.05, 0) is 65.0 Å². The van der Waals surface area contributed by atoms with Crippen LogP contribution in [0.2, 0.25) is 0 Å². The number of anilines is 1. The van der Waals surface area contributed by atoms with Crippen LogP contribution in [0, 0.1) is 12.7 Å². The smallest absolute Gasteiger partial charge is 0.407 e. The number of benzene rings is 1. The number of nitrogens with one attached hydrogen (secondary N) is 2. The van der Waals surface area contributed by atoms with E-state index in [0.717, 1.165) is 31.2 Å². The molecular formula is C18H27FN2O2. The highest BCUT2D eigenvalue weighted by molar-refractivity contribution is 5.68. The summed E-state index contributed by atoms with van der Waals surface area (Å²) in [4.78, 5) is 11.9. The normalized spacial score (nSPS) is 21.6. The van der Waals surface area contributed by atoms with E-state index in [1.54, 1.807) is 6.07 Å². The van der Waals surface area contributed by atoms with E-state index in [4.69, 9.17) is 4.74 Å². The quantitative estimate of drug-likeness (QED) is 0.868. The minimum atomic E-state index is -0.499. The molecule has 2 atom stereocenters. The van der Waals surface area contributed by atoms with Crippen LogP contribution in [0.4, 0.5) is 14.9 Å². The molecule has 1 saturated carbocycles. The van der Waals surface area contributed by atoms with Gasteiger partial charge in [-0.2, -0.15) is 0 Å². The first-order valence-corrected chi connectivity index (χ1v) is 8.26. The van der Waals surface area contributed by atoms with E-state index in [9.17, 15) is 9.18 Å². The van der Waals surface area contributed by atoms with Crippen LogP contribution >= 0.6 is 0 Å². The van der Waals surface area contributed by atoms with Gasteiger partial charge in [-0.1, -0.05) is 12.1 Å². The molecule has 1 fully saturated rings. The minimum absolute atomic E-state index is 0.0585.